The van der Waals surface area contributed by atoms with Gasteiger partial charge in [0.25, 0.3) is 5.91 Å². The minimum Gasteiger partial charge on any atom is -0.352 e. The zero-order valence-electron chi connectivity index (χ0n) is 13.4. The molecular weight excluding hydrogens is 309 g/mol. The molecule has 0 saturated carbocycles. The molecule has 0 radical (unpaired) electrons. The second kappa shape index (κ2) is 7.48. The van der Waals surface area contributed by atoms with Gasteiger partial charge in [-0.3, -0.25) is 9.59 Å². The summed E-state index contributed by atoms with van der Waals surface area (Å²) < 4.78 is 35.8. The third-order valence-corrected chi connectivity index (χ3v) is 3.20. The Morgan fingerprint density at radius 2 is 1.48 bits per heavy atom. The van der Waals surface area contributed by atoms with Crippen LogP contribution in [-0.2, 0) is 10.2 Å². The Kier molecular flexibility index (Phi) is 6.18. The lowest BCUT2D eigenvalue weighted by molar-refractivity contribution is -0.173. The van der Waals surface area contributed by atoms with Gasteiger partial charge in [-0.2, -0.15) is 13.2 Å². The summed E-state index contributed by atoms with van der Waals surface area (Å²) in [4.78, 5) is 22.5. The van der Waals surface area contributed by atoms with Crippen molar-refractivity contribution in [2.24, 2.45) is 0 Å². The first-order chi connectivity index (χ1) is 10.5. The summed E-state index contributed by atoms with van der Waals surface area (Å²) in [5.74, 6) is -2.27. The molecule has 0 unspecified atom stereocenters. The largest absolute Gasteiger partial charge is 0.471 e. The van der Waals surface area contributed by atoms with Crippen molar-refractivity contribution in [2.45, 2.75) is 38.8 Å². The molecule has 7 heteroatoms. The maximum Gasteiger partial charge on any atom is 0.471 e. The molecule has 0 fully saturated rings. The molecule has 4 nitrogen and oxygen atoms in total. The summed E-state index contributed by atoms with van der Waals surface area (Å²) in [6, 6.07) is 7.17. The Hall–Kier alpha value is -2.05. The van der Waals surface area contributed by atoms with Crippen molar-refractivity contribution in [1.29, 1.82) is 0 Å². The fourth-order valence-electron chi connectivity index (χ4n) is 1.82. The van der Waals surface area contributed by atoms with Crippen LogP contribution in [0.25, 0.3) is 0 Å². The maximum atomic E-state index is 11.9. The quantitative estimate of drug-likeness (QED) is 0.816. The summed E-state index contributed by atoms with van der Waals surface area (Å²) >= 11 is 0. The zero-order valence-corrected chi connectivity index (χ0v) is 13.4. The van der Waals surface area contributed by atoms with E-state index in [9.17, 15) is 22.8 Å². The molecule has 23 heavy (non-hydrogen) atoms. The third-order valence-electron chi connectivity index (χ3n) is 3.20. The van der Waals surface area contributed by atoms with Crippen LogP contribution in [0.4, 0.5) is 13.2 Å². The van der Waals surface area contributed by atoms with Gasteiger partial charge in [0.1, 0.15) is 0 Å². The van der Waals surface area contributed by atoms with Crippen LogP contribution in [0.5, 0.6) is 0 Å². The smallest absolute Gasteiger partial charge is 0.352 e. The minimum absolute atomic E-state index is 0.00824. The van der Waals surface area contributed by atoms with Gasteiger partial charge >= 0.3 is 12.1 Å². The number of rotatable bonds is 5. The van der Waals surface area contributed by atoms with Crippen LogP contribution >= 0.6 is 0 Å². The topological polar surface area (TPSA) is 58.2 Å². The highest BCUT2D eigenvalue weighted by molar-refractivity contribution is 5.94. The highest BCUT2D eigenvalue weighted by Crippen LogP contribution is 2.22. The SMILES string of the molecule is CC(C)(C)c1ccc(C(=O)NCCCNC(=O)C(F)(F)F)cc1. The number of alkyl halides is 3. The van der Waals surface area contributed by atoms with E-state index < -0.39 is 12.1 Å². The van der Waals surface area contributed by atoms with Crippen molar-refractivity contribution in [1.82, 2.24) is 10.6 Å². The summed E-state index contributed by atoms with van der Waals surface area (Å²) in [6.07, 6.45) is -4.66. The van der Waals surface area contributed by atoms with Gasteiger partial charge < -0.3 is 10.6 Å². The molecule has 1 aromatic rings. The Labute approximate surface area is 133 Å². The lowest BCUT2D eigenvalue weighted by atomic mass is 9.87. The van der Waals surface area contributed by atoms with E-state index in [-0.39, 0.29) is 30.8 Å². The van der Waals surface area contributed by atoms with E-state index in [1.165, 1.54) is 0 Å². The van der Waals surface area contributed by atoms with Crippen LogP contribution in [0.15, 0.2) is 24.3 Å². The monoisotopic (exact) mass is 330 g/mol. The van der Waals surface area contributed by atoms with E-state index in [1.54, 1.807) is 17.4 Å². The van der Waals surface area contributed by atoms with E-state index in [0.717, 1.165) is 5.56 Å². The molecule has 1 rings (SSSR count). The van der Waals surface area contributed by atoms with Gasteiger partial charge in [-0.05, 0) is 29.5 Å². The predicted molar refractivity (Wildman–Crippen MR) is 81.2 cm³/mol. The number of hydrogen-bond donors (Lipinski definition) is 2. The number of carbonyl (C=O) groups is 2. The summed E-state index contributed by atoms with van der Waals surface area (Å²) in [5.41, 5.74) is 1.58. The van der Waals surface area contributed by atoms with Crippen LogP contribution in [0.3, 0.4) is 0 Å². The molecule has 0 atom stereocenters. The number of carbonyl (C=O) groups excluding carboxylic acids is 2. The molecule has 0 bridgehead atoms. The number of amides is 2. The molecule has 0 heterocycles. The number of nitrogens with one attached hydrogen (secondary N) is 2. The highest BCUT2D eigenvalue weighted by atomic mass is 19.4. The van der Waals surface area contributed by atoms with Crippen LogP contribution < -0.4 is 10.6 Å². The molecule has 2 amide bonds. The maximum absolute atomic E-state index is 11.9. The fourth-order valence-corrected chi connectivity index (χ4v) is 1.82. The van der Waals surface area contributed by atoms with E-state index in [2.05, 4.69) is 26.1 Å². The molecule has 0 aliphatic heterocycles. The van der Waals surface area contributed by atoms with Gasteiger partial charge in [0, 0.05) is 18.7 Å². The highest BCUT2D eigenvalue weighted by Gasteiger charge is 2.38. The second-order valence-electron chi connectivity index (χ2n) is 6.19. The molecular formula is C16H21F3N2O2. The third kappa shape index (κ3) is 6.30. The van der Waals surface area contributed by atoms with Gasteiger partial charge in [-0.15, -0.1) is 0 Å². The Balaban J connectivity index is 2.36. The standard InChI is InChI=1S/C16H21F3N2O2/c1-15(2,3)12-7-5-11(6-8-12)13(22)20-9-4-10-21-14(23)16(17,18)19/h5-8H,4,9-10H2,1-3H3,(H,20,22)(H,21,23). The molecule has 0 spiro atoms. The van der Waals surface area contributed by atoms with Gasteiger partial charge in [0.15, 0.2) is 0 Å². The molecule has 0 saturated heterocycles. The van der Waals surface area contributed by atoms with Crippen molar-refractivity contribution in [3.05, 3.63) is 35.4 Å². The molecule has 2 N–H and O–H groups in total. The van der Waals surface area contributed by atoms with E-state index in [1.807, 2.05) is 12.1 Å². The molecule has 0 aliphatic rings. The van der Waals surface area contributed by atoms with Crippen LogP contribution in [0, 0.1) is 0 Å². The summed E-state index contributed by atoms with van der Waals surface area (Å²) in [5, 5.41) is 4.34. The van der Waals surface area contributed by atoms with Gasteiger partial charge in [0.05, 0.1) is 0 Å². The zero-order chi connectivity index (χ0) is 17.7. The summed E-state index contributed by atoms with van der Waals surface area (Å²) in [6.45, 7) is 6.23. The van der Waals surface area contributed by atoms with Crippen molar-refractivity contribution in [3.8, 4) is 0 Å². The first-order valence-electron chi connectivity index (χ1n) is 7.25. The Morgan fingerprint density at radius 3 is 1.96 bits per heavy atom. The molecule has 0 aliphatic carbocycles. The van der Waals surface area contributed by atoms with Gasteiger partial charge in [0.2, 0.25) is 0 Å². The van der Waals surface area contributed by atoms with E-state index >= 15 is 0 Å². The van der Waals surface area contributed by atoms with Crippen molar-refractivity contribution in [2.75, 3.05) is 13.1 Å². The lowest BCUT2D eigenvalue weighted by Crippen LogP contribution is -2.38. The Morgan fingerprint density at radius 1 is 0.957 bits per heavy atom. The predicted octanol–water partition coefficient (Wildman–Crippen LogP) is 2.78. The average molecular weight is 330 g/mol. The van der Waals surface area contributed by atoms with E-state index in [0.29, 0.717) is 5.56 Å². The Bertz CT molecular complexity index is 546. The van der Waals surface area contributed by atoms with E-state index in [4.69, 9.17) is 0 Å². The van der Waals surface area contributed by atoms with Crippen LogP contribution in [-0.4, -0.2) is 31.1 Å². The van der Waals surface area contributed by atoms with Crippen LogP contribution in [0.2, 0.25) is 0 Å². The van der Waals surface area contributed by atoms with Crippen LogP contribution in [0.1, 0.15) is 43.1 Å². The lowest BCUT2D eigenvalue weighted by Gasteiger charge is -2.19. The fraction of sp³-hybridized carbons (Fsp3) is 0.500. The van der Waals surface area contributed by atoms with Crippen molar-refractivity contribution in [3.63, 3.8) is 0 Å². The molecule has 128 valence electrons. The normalized spacial score (nSPS) is 11.9. The van der Waals surface area contributed by atoms with Crippen molar-refractivity contribution < 1.29 is 22.8 Å². The molecule has 1 aromatic carbocycles. The number of hydrogen-bond acceptors (Lipinski definition) is 2. The first kappa shape index (κ1) is 19.0. The number of benzene rings is 1. The number of halogens is 3. The first-order valence-corrected chi connectivity index (χ1v) is 7.25. The average Bonchev–Trinajstić information content (AvgIpc) is 2.44. The van der Waals surface area contributed by atoms with Gasteiger partial charge in [-0.25, -0.2) is 0 Å². The molecule has 0 aromatic heterocycles. The summed E-state index contributed by atoms with van der Waals surface area (Å²) in [7, 11) is 0. The minimum atomic E-state index is -4.88. The van der Waals surface area contributed by atoms with Gasteiger partial charge in [-0.1, -0.05) is 32.9 Å². The van der Waals surface area contributed by atoms with Crippen molar-refractivity contribution >= 4 is 11.8 Å². The second-order valence-corrected chi connectivity index (χ2v) is 6.19.